The number of aryl methyl sites for hydroxylation is 2. The number of ether oxygens (including phenoxy) is 1. The molecule has 0 spiro atoms. The zero-order chi connectivity index (χ0) is 19.6. The Bertz CT molecular complexity index is 972. The molecule has 0 aliphatic carbocycles. The van der Waals surface area contributed by atoms with Crippen LogP contribution in [0.4, 0.5) is 5.69 Å². The van der Waals surface area contributed by atoms with Gasteiger partial charge in [0.2, 0.25) is 0 Å². The number of aromatic nitrogens is 2. The van der Waals surface area contributed by atoms with E-state index in [0.29, 0.717) is 17.9 Å². The van der Waals surface area contributed by atoms with Crippen LogP contribution in [-0.2, 0) is 6.54 Å². The van der Waals surface area contributed by atoms with Crippen LogP contribution in [-0.4, -0.2) is 22.8 Å². The predicted molar refractivity (Wildman–Crippen MR) is 108 cm³/mol. The highest BCUT2D eigenvalue weighted by Crippen LogP contribution is 2.25. The molecule has 0 aliphatic heterocycles. The number of methoxy groups -OCH3 is 1. The van der Waals surface area contributed by atoms with Gasteiger partial charge in [-0.15, -0.1) is 0 Å². The summed E-state index contributed by atoms with van der Waals surface area (Å²) in [6.45, 7) is 8.51. The quantitative estimate of drug-likeness (QED) is 0.730. The molecule has 1 heterocycles. The second kappa shape index (κ2) is 7.66. The van der Waals surface area contributed by atoms with E-state index in [0.717, 1.165) is 22.6 Å². The average Bonchev–Trinajstić information content (AvgIpc) is 2.91. The Balaban J connectivity index is 1.84. The molecule has 140 valence electrons. The van der Waals surface area contributed by atoms with Crippen molar-refractivity contribution < 1.29 is 9.53 Å². The summed E-state index contributed by atoms with van der Waals surface area (Å²) in [4.78, 5) is 12.8. The molecule has 2 aromatic carbocycles. The SMILES string of the molecule is COc1cccc(C(=O)Nc2c(C)nn(Cc3ccc(C)cc3)c2C)c1C. The number of carbonyl (C=O) groups is 1. The summed E-state index contributed by atoms with van der Waals surface area (Å²) in [5, 5.41) is 7.63. The van der Waals surface area contributed by atoms with Crippen molar-refractivity contribution in [1.29, 1.82) is 0 Å². The molecule has 0 saturated heterocycles. The Hall–Kier alpha value is -3.08. The van der Waals surface area contributed by atoms with Crippen LogP contribution >= 0.6 is 0 Å². The monoisotopic (exact) mass is 363 g/mol. The summed E-state index contributed by atoms with van der Waals surface area (Å²) in [5.41, 5.74) is 6.31. The van der Waals surface area contributed by atoms with Gasteiger partial charge in [0, 0.05) is 11.1 Å². The Kier molecular flexibility index (Phi) is 5.31. The summed E-state index contributed by atoms with van der Waals surface area (Å²) in [7, 11) is 1.60. The third kappa shape index (κ3) is 3.87. The van der Waals surface area contributed by atoms with E-state index >= 15 is 0 Å². The number of amides is 1. The minimum atomic E-state index is -0.160. The third-order valence-corrected chi connectivity index (χ3v) is 4.82. The van der Waals surface area contributed by atoms with E-state index in [2.05, 4.69) is 41.6 Å². The highest BCUT2D eigenvalue weighted by Gasteiger charge is 2.17. The molecule has 3 aromatic rings. The molecule has 5 heteroatoms. The van der Waals surface area contributed by atoms with Crippen LogP contribution in [0.25, 0.3) is 0 Å². The van der Waals surface area contributed by atoms with Gasteiger partial charge in [-0.1, -0.05) is 35.9 Å². The largest absolute Gasteiger partial charge is 0.496 e. The molecule has 1 amide bonds. The molecule has 5 nitrogen and oxygen atoms in total. The van der Waals surface area contributed by atoms with Crippen molar-refractivity contribution in [2.75, 3.05) is 12.4 Å². The van der Waals surface area contributed by atoms with Gasteiger partial charge >= 0.3 is 0 Å². The molecule has 3 rings (SSSR count). The molecule has 0 saturated carbocycles. The Morgan fingerprint density at radius 2 is 1.78 bits per heavy atom. The van der Waals surface area contributed by atoms with Gasteiger partial charge in [-0.2, -0.15) is 5.10 Å². The molecule has 0 radical (unpaired) electrons. The highest BCUT2D eigenvalue weighted by atomic mass is 16.5. The summed E-state index contributed by atoms with van der Waals surface area (Å²) in [6, 6.07) is 13.9. The van der Waals surface area contributed by atoms with E-state index in [1.54, 1.807) is 13.2 Å². The zero-order valence-electron chi connectivity index (χ0n) is 16.5. The van der Waals surface area contributed by atoms with Gasteiger partial charge in [0.15, 0.2) is 0 Å². The molecule has 0 fully saturated rings. The fraction of sp³-hybridized carbons (Fsp3) is 0.273. The molecule has 1 aromatic heterocycles. The van der Waals surface area contributed by atoms with Crippen LogP contribution in [0.2, 0.25) is 0 Å². The van der Waals surface area contributed by atoms with E-state index in [4.69, 9.17) is 4.74 Å². The summed E-state index contributed by atoms with van der Waals surface area (Å²) < 4.78 is 7.24. The van der Waals surface area contributed by atoms with Crippen molar-refractivity contribution in [3.05, 3.63) is 76.1 Å². The van der Waals surface area contributed by atoms with Gasteiger partial charge in [0.1, 0.15) is 5.75 Å². The number of benzene rings is 2. The number of anilines is 1. The summed E-state index contributed by atoms with van der Waals surface area (Å²) in [5.74, 6) is 0.540. The molecule has 27 heavy (non-hydrogen) atoms. The van der Waals surface area contributed by atoms with Crippen molar-refractivity contribution in [2.45, 2.75) is 34.2 Å². The Labute approximate surface area is 160 Å². The van der Waals surface area contributed by atoms with E-state index in [-0.39, 0.29) is 5.91 Å². The van der Waals surface area contributed by atoms with Crippen molar-refractivity contribution in [1.82, 2.24) is 9.78 Å². The van der Waals surface area contributed by atoms with E-state index in [1.165, 1.54) is 11.1 Å². The zero-order valence-corrected chi connectivity index (χ0v) is 16.5. The highest BCUT2D eigenvalue weighted by molar-refractivity contribution is 6.06. The van der Waals surface area contributed by atoms with Gasteiger partial charge in [-0.3, -0.25) is 9.48 Å². The average molecular weight is 363 g/mol. The second-order valence-corrected chi connectivity index (χ2v) is 6.78. The summed E-state index contributed by atoms with van der Waals surface area (Å²) in [6.07, 6.45) is 0. The van der Waals surface area contributed by atoms with Crippen molar-refractivity contribution in [3.8, 4) is 5.75 Å². The van der Waals surface area contributed by atoms with Gasteiger partial charge in [-0.05, 0) is 45.4 Å². The fourth-order valence-electron chi connectivity index (χ4n) is 3.16. The number of rotatable bonds is 5. The van der Waals surface area contributed by atoms with E-state index in [1.807, 2.05) is 37.6 Å². The first-order valence-corrected chi connectivity index (χ1v) is 8.95. The van der Waals surface area contributed by atoms with Crippen molar-refractivity contribution in [2.24, 2.45) is 0 Å². The topological polar surface area (TPSA) is 56.1 Å². The standard InChI is InChI=1S/C22H25N3O2/c1-14-9-11-18(12-10-14)13-25-17(4)21(16(3)24-25)23-22(26)19-7-6-8-20(27-5)15(19)2/h6-12H,13H2,1-5H3,(H,23,26). The number of nitrogens with one attached hydrogen (secondary N) is 1. The minimum Gasteiger partial charge on any atom is -0.496 e. The maximum atomic E-state index is 12.8. The predicted octanol–water partition coefficient (Wildman–Crippen LogP) is 4.43. The Morgan fingerprint density at radius 3 is 2.44 bits per heavy atom. The first-order chi connectivity index (χ1) is 12.9. The van der Waals surface area contributed by atoms with Crippen molar-refractivity contribution in [3.63, 3.8) is 0 Å². The number of nitrogens with zero attached hydrogens (tertiary/aromatic N) is 2. The molecule has 0 atom stereocenters. The number of hydrogen-bond acceptors (Lipinski definition) is 3. The lowest BCUT2D eigenvalue weighted by Crippen LogP contribution is -2.15. The van der Waals surface area contributed by atoms with Crippen LogP contribution < -0.4 is 10.1 Å². The molecule has 0 bridgehead atoms. The molecule has 0 aliphatic rings. The van der Waals surface area contributed by atoms with Crippen LogP contribution in [0, 0.1) is 27.7 Å². The fourth-order valence-corrected chi connectivity index (χ4v) is 3.16. The van der Waals surface area contributed by atoms with Gasteiger partial charge in [0.05, 0.1) is 30.7 Å². The first kappa shape index (κ1) is 18.7. The van der Waals surface area contributed by atoms with Crippen LogP contribution in [0.15, 0.2) is 42.5 Å². The smallest absolute Gasteiger partial charge is 0.256 e. The van der Waals surface area contributed by atoms with Gasteiger partial charge in [0.25, 0.3) is 5.91 Å². The maximum Gasteiger partial charge on any atom is 0.256 e. The Morgan fingerprint density at radius 1 is 1.07 bits per heavy atom. The molecular weight excluding hydrogens is 338 g/mol. The first-order valence-electron chi connectivity index (χ1n) is 8.95. The molecule has 0 unspecified atom stereocenters. The van der Waals surface area contributed by atoms with Crippen LogP contribution in [0.3, 0.4) is 0 Å². The van der Waals surface area contributed by atoms with Crippen LogP contribution in [0.5, 0.6) is 5.75 Å². The lowest BCUT2D eigenvalue weighted by molar-refractivity contribution is 0.102. The maximum absolute atomic E-state index is 12.8. The molecule has 1 N–H and O–H groups in total. The number of carbonyl (C=O) groups excluding carboxylic acids is 1. The van der Waals surface area contributed by atoms with Gasteiger partial charge in [-0.25, -0.2) is 0 Å². The minimum absolute atomic E-state index is 0.160. The third-order valence-electron chi connectivity index (χ3n) is 4.82. The van der Waals surface area contributed by atoms with Crippen LogP contribution in [0.1, 0.15) is 38.4 Å². The second-order valence-electron chi connectivity index (χ2n) is 6.78. The lowest BCUT2D eigenvalue weighted by Gasteiger charge is -2.11. The van der Waals surface area contributed by atoms with Gasteiger partial charge < -0.3 is 10.1 Å². The molecular formula is C22H25N3O2. The lowest BCUT2D eigenvalue weighted by atomic mass is 10.1. The van der Waals surface area contributed by atoms with E-state index < -0.39 is 0 Å². The summed E-state index contributed by atoms with van der Waals surface area (Å²) >= 11 is 0. The van der Waals surface area contributed by atoms with Crippen molar-refractivity contribution >= 4 is 11.6 Å². The normalized spacial score (nSPS) is 10.7. The van der Waals surface area contributed by atoms with E-state index in [9.17, 15) is 4.79 Å². The number of hydrogen-bond donors (Lipinski definition) is 1.